The topological polar surface area (TPSA) is 50.3 Å². The lowest BCUT2D eigenvalue weighted by Crippen LogP contribution is -2.25. The number of halogens is 3. The Bertz CT molecular complexity index is 440. The minimum absolute atomic E-state index is 0.153. The molecular weight excluding hydrogens is 285 g/mol. The maximum absolute atomic E-state index is 12.3. The van der Waals surface area contributed by atoms with Crippen molar-refractivity contribution in [1.29, 1.82) is 0 Å². The number of anilines is 2. The fraction of sp³-hybridized carbons (Fsp3) is 0.692. The zero-order valence-corrected chi connectivity index (χ0v) is 12.5. The van der Waals surface area contributed by atoms with Crippen LogP contribution in [0.2, 0.25) is 0 Å². The van der Waals surface area contributed by atoms with Gasteiger partial charge in [0.15, 0.2) is 5.82 Å². The first kappa shape index (κ1) is 17.5. The third kappa shape index (κ3) is 6.61. The number of nitrogens with one attached hydrogen (secondary N) is 1. The molecule has 0 atom stereocenters. The van der Waals surface area contributed by atoms with Crippen LogP contribution in [0.25, 0.3) is 0 Å². The van der Waals surface area contributed by atoms with E-state index in [1.807, 2.05) is 13.8 Å². The van der Waals surface area contributed by atoms with E-state index in [-0.39, 0.29) is 13.2 Å². The molecule has 0 fully saturated rings. The number of ether oxygens (including phenoxy) is 1. The monoisotopic (exact) mass is 306 g/mol. The van der Waals surface area contributed by atoms with Crippen LogP contribution in [-0.4, -0.2) is 42.9 Å². The molecule has 120 valence electrons. The van der Waals surface area contributed by atoms with E-state index >= 15 is 0 Å². The number of alkyl halides is 3. The van der Waals surface area contributed by atoms with Gasteiger partial charge in [-0.3, -0.25) is 0 Å². The molecule has 8 heteroatoms. The van der Waals surface area contributed by atoms with E-state index < -0.39 is 12.6 Å². The van der Waals surface area contributed by atoms with E-state index in [4.69, 9.17) is 4.74 Å². The Morgan fingerprint density at radius 3 is 2.57 bits per heavy atom. The first-order chi connectivity index (χ1) is 9.85. The average Bonchev–Trinajstić information content (AvgIpc) is 2.42. The standard InChI is InChI=1S/C13H21F3N4O/c1-4-17-10-8-12(19-11(18-10)9-21-5-2)20(3)7-6-13(14,15)16/h8H,4-7,9H2,1-3H3,(H,17,18,19). The van der Waals surface area contributed by atoms with Gasteiger partial charge in [0.2, 0.25) is 0 Å². The summed E-state index contributed by atoms with van der Waals surface area (Å²) in [6, 6.07) is 1.63. The van der Waals surface area contributed by atoms with E-state index in [9.17, 15) is 13.2 Å². The lowest BCUT2D eigenvalue weighted by molar-refractivity contribution is -0.132. The number of rotatable bonds is 8. The molecule has 21 heavy (non-hydrogen) atoms. The predicted molar refractivity (Wildman–Crippen MR) is 75.5 cm³/mol. The fourth-order valence-electron chi connectivity index (χ4n) is 1.62. The van der Waals surface area contributed by atoms with E-state index in [0.29, 0.717) is 30.6 Å². The highest BCUT2D eigenvalue weighted by molar-refractivity contribution is 5.48. The zero-order valence-electron chi connectivity index (χ0n) is 12.5. The summed E-state index contributed by atoms with van der Waals surface area (Å²) < 4.78 is 42.1. The Morgan fingerprint density at radius 2 is 2.00 bits per heavy atom. The minimum Gasteiger partial charge on any atom is -0.374 e. The molecule has 0 unspecified atom stereocenters. The van der Waals surface area contributed by atoms with Gasteiger partial charge in [0.1, 0.15) is 18.2 Å². The SMILES string of the molecule is CCNc1cc(N(C)CCC(F)(F)F)nc(COCC)n1. The van der Waals surface area contributed by atoms with Gasteiger partial charge in [-0.1, -0.05) is 0 Å². The van der Waals surface area contributed by atoms with Gasteiger partial charge in [0.05, 0.1) is 6.42 Å². The third-order valence-corrected chi connectivity index (χ3v) is 2.67. The van der Waals surface area contributed by atoms with Gasteiger partial charge in [-0.25, -0.2) is 9.97 Å². The first-order valence-corrected chi connectivity index (χ1v) is 6.83. The van der Waals surface area contributed by atoms with E-state index in [1.54, 1.807) is 13.1 Å². The summed E-state index contributed by atoms with van der Waals surface area (Å²) in [6.07, 6.45) is -5.06. The summed E-state index contributed by atoms with van der Waals surface area (Å²) in [5.41, 5.74) is 0. The fourth-order valence-corrected chi connectivity index (χ4v) is 1.62. The summed E-state index contributed by atoms with van der Waals surface area (Å²) >= 11 is 0. The highest BCUT2D eigenvalue weighted by Crippen LogP contribution is 2.22. The molecule has 0 aliphatic carbocycles. The van der Waals surface area contributed by atoms with Gasteiger partial charge in [0.25, 0.3) is 0 Å². The summed E-state index contributed by atoms with van der Waals surface area (Å²) in [7, 11) is 1.58. The van der Waals surface area contributed by atoms with Gasteiger partial charge < -0.3 is 15.0 Å². The predicted octanol–water partition coefficient (Wildman–Crippen LogP) is 2.83. The molecule has 0 spiro atoms. The Kier molecular flexibility index (Phi) is 6.67. The van der Waals surface area contributed by atoms with Crippen LogP contribution in [0.3, 0.4) is 0 Å². The second kappa shape index (κ2) is 8.02. The van der Waals surface area contributed by atoms with Crippen LogP contribution in [0, 0.1) is 0 Å². The maximum Gasteiger partial charge on any atom is 0.390 e. The van der Waals surface area contributed by atoms with Crippen molar-refractivity contribution >= 4 is 11.6 Å². The molecule has 0 aliphatic rings. The Balaban J connectivity index is 2.84. The van der Waals surface area contributed by atoms with Gasteiger partial charge in [-0.2, -0.15) is 13.2 Å². The van der Waals surface area contributed by atoms with Crippen LogP contribution in [0.4, 0.5) is 24.8 Å². The van der Waals surface area contributed by atoms with Gasteiger partial charge in [-0.05, 0) is 13.8 Å². The molecule has 0 radical (unpaired) electrons. The Hall–Kier alpha value is -1.57. The van der Waals surface area contributed by atoms with Crippen LogP contribution in [0.5, 0.6) is 0 Å². The number of hydrogen-bond acceptors (Lipinski definition) is 5. The number of nitrogens with zero attached hydrogens (tertiary/aromatic N) is 3. The van der Waals surface area contributed by atoms with Crippen molar-refractivity contribution in [3.05, 3.63) is 11.9 Å². The number of hydrogen-bond donors (Lipinski definition) is 1. The molecule has 0 saturated carbocycles. The molecular formula is C13H21F3N4O. The van der Waals surface area contributed by atoms with Gasteiger partial charge >= 0.3 is 6.18 Å². The molecule has 1 heterocycles. The molecule has 0 bridgehead atoms. The molecule has 0 aliphatic heterocycles. The van der Waals surface area contributed by atoms with Crippen LogP contribution >= 0.6 is 0 Å². The van der Waals surface area contributed by atoms with E-state index in [1.165, 1.54) is 4.90 Å². The second-order valence-electron chi connectivity index (χ2n) is 4.48. The Labute approximate surface area is 122 Å². The highest BCUT2D eigenvalue weighted by atomic mass is 19.4. The third-order valence-electron chi connectivity index (χ3n) is 2.67. The van der Waals surface area contributed by atoms with Crippen molar-refractivity contribution in [2.24, 2.45) is 0 Å². The smallest absolute Gasteiger partial charge is 0.374 e. The molecule has 0 amide bonds. The van der Waals surface area contributed by atoms with Crippen LogP contribution in [0.15, 0.2) is 6.07 Å². The van der Waals surface area contributed by atoms with Crippen LogP contribution < -0.4 is 10.2 Å². The summed E-state index contributed by atoms with van der Waals surface area (Å²) in [5.74, 6) is 1.47. The van der Waals surface area contributed by atoms with Crippen molar-refractivity contribution in [3.8, 4) is 0 Å². The molecule has 1 N–H and O–H groups in total. The Morgan fingerprint density at radius 1 is 1.29 bits per heavy atom. The van der Waals surface area contributed by atoms with Crippen molar-refractivity contribution in [3.63, 3.8) is 0 Å². The first-order valence-electron chi connectivity index (χ1n) is 6.83. The molecule has 5 nitrogen and oxygen atoms in total. The average molecular weight is 306 g/mol. The highest BCUT2D eigenvalue weighted by Gasteiger charge is 2.27. The quantitative estimate of drug-likeness (QED) is 0.800. The largest absolute Gasteiger partial charge is 0.390 e. The lowest BCUT2D eigenvalue weighted by atomic mass is 10.3. The van der Waals surface area contributed by atoms with Crippen LogP contribution in [0.1, 0.15) is 26.1 Å². The maximum atomic E-state index is 12.3. The van der Waals surface area contributed by atoms with E-state index in [2.05, 4.69) is 15.3 Å². The molecule has 0 saturated heterocycles. The zero-order chi connectivity index (χ0) is 15.9. The lowest BCUT2D eigenvalue weighted by Gasteiger charge is -2.20. The van der Waals surface area contributed by atoms with Gasteiger partial charge in [-0.15, -0.1) is 0 Å². The summed E-state index contributed by atoms with van der Waals surface area (Å²) in [6.45, 7) is 5.03. The molecule has 1 aromatic rings. The molecule has 1 rings (SSSR count). The van der Waals surface area contributed by atoms with E-state index in [0.717, 1.165) is 0 Å². The van der Waals surface area contributed by atoms with Crippen LogP contribution in [-0.2, 0) is 11.3 Å². The van der Waals surface area contributed by atoms with Gasteiger partial charge in [0, 0.05) is 32.8 Å². The summed E-state index contributed by atoms with van der Waals surface area (Å²) in [5, 5.41) is 3.04. The molecule has 1 aromatic heterocycles. The number of aromatic nitrogens is 2. The normalized spacial score (nSPS) is 11.5. The second-order valence-corrected chi connectivity index (χ2v) is 4.48. The summed E-state index contributed by atoms with van der Waals surface area (Å²) in [4.78, 5) is 9.96. The van der Waals surface area contributed by atoms with Crippen molar-refractivity contribution < 1.29 is 17.9 Å². The van der Waals surface area contributed by atoms with Crippen molar-refractivity contribution in [1.82, 2.24) is 9.97 Å². The van der Waals surface area contributed by atoms with Crippen molar-refractivity contribution in [2.75, 3.05) is 37.0 Å². The minimum atomic E-state index is -4.18. The van der Waals surface area contributed by atoms with Crippen molar-refractivity contribution in [2.45, 2.75) is 33.1 Å². The molecule has 0 aromatic carbocycles.